The molecule has 2 aromatic carbocycles. The lowest BCUT2D eigenvalue weighted by molar-refractivity contribution is -0.115. The summed E-state index contributed by atoms with van der Waals surface area (Å²) in [5.74, 6) is -1.43. The van der Waals surface area contributed by atoms with E-state index in [9.17, 15) is 19.2 Å². The van der Waals surface area contributed by atoms with Gasteiger partial charge in [0.2, 0.25) is 6.41 Å². The molecule has 150 valence electrons. The molecule has 0 aromatic heterocycles. The maximum absolute atomic E-state index is 13.4. The van der Waals surface area contributed by atoms with Gasteiger partial charge in [-0.15, -0.1) is 0 Å². The van der Waals surface area contributed by atoms with Crippen molar-refractivity contribution in [2.75, 3.05) is 11.9 Å². The van der Waals surface area contributed by atoms with E-state index < -0.39 is 17.7 Å². The van der Waals surface area contributed by atoms with E-state index in [-0.39, 0.29) is 28.5 Å². The predicted octanol–water partition coefficient (Wildman–Crippen LogP) is 3.96. The van der Waals surface area contributed by atoms with Crippen molar-refractivity contribution in [3.05, 3.63) is 64.2 Å². The number of anilines is 1. The number of benzene rings is 2. The van der Waals surface area contributed by atoms with Crippen molar-refractivity contribution in [1.82, 2.24) is 4.90 Å². The van der Waals surface area contributed by atoms with Gasteiger partial charge in [0.25, 0.3) is 17.7 Å². The normalized spacial score (nSPS) is 13.3. The van der Waals surface area contributed by atoms with Crippen molar-refractivity contribution in [2.45, 2.75) is 39.5 Å². The number of hydrogen-bond acceptors (Lipinski definition) is 4. The smallest absolute Gasteiger partial charge is 0.266 e. The fourth-order valence-corrected chi connectivity index (χ4v) is 3.67. The van der Waals surface area contributed by atoms with Gasteiger partial charge < -0.3 is 0 Å². The van der Waals surface area contributed by atoms with Crippen molar-refractivity contribution in [3.63, 3.8) is 0 Å². The van der Waals surface area contributed by atoms with Gasteiger partial charge in [0, 0.05) is 7.05 Å². The van der Waals surface area contributed by atoms with Crippen LogP contribution in [0.25, 0.3) is 0 Å². The lowest BCUT2D eigenvalue weighted by Crippen LogP contribution is -2.32. The number of imide groups is 2. The van der Waals surface area contributed by atoms with Gasteiger partial charge in [-0.3, -0.25) is 24.1 Å². The second-order valence-corrected chi connectivity index (χ2v) is 7.79. The Labute approximate surface area is 170 Å². The molecule has 1 heterocycles. The van der Waals surface area contributed by atoms with Crippen LogP contribution in [0.5, 0.6) is 0 Å². The van der Waals surface area contributed by atoms with Gasteiger partial charge in [-0.2, -0.15) is 0 Å². The van der Waals surface area contributed by atoms with E-state index in [1.165, 1.54) is 18.0 Å². The second kappa shape index (κ2) is 7.62. The Morgan fingerprint density at radius 1 is 0.931 bits per heavy atom. The quantitative estimate of drug-likeness (QED) is 0.570. The van der Waals surface area contributed by atoms with E-state index >= 15 is 0 Å². The molecule has 0 saturated carbocycles. The van der Waals surface area contributed by atoms with Gasteiger partial charge >= 0.3 is 0 Å². The molecule has 0 bridgehead atoms. The Hall–Kier alpha value is -3.28. The zero-order chi connectivity index (χ0) is 21.5. The minimum absolute atomic E-state index is 0.0458. The number of carbonyl (C=O) groups excluding carboxylic acids is 4. The van der Waals surface area contributed by atoms with Crippen molar-refractivity contribution in [3.8, 4) is 0 Å². The Morgan fingerprint density at radius 2 is 1.48 bits per heavy atom. The minimum atomic E-state index is -0.624. The molecule has 0 fully saturated rings. The summed E-state index contributed by atoms with van der Waals surface area (Å²) in [6.07, 6.45) is 0.381. The summed E-state index contributed by atoms with van der Waals surface area (Å²) in [5.41, 5.74) is 2.64. The SMILES string of the molecule is CC(C)c1cccc(C(C)C)c1N1C(=O)c2cccc(C(=O)N(C)C=O)c2C1=O. The molecule has 0 saturated heterocycles. The van der Waals surface area contributed by atoms with Crippen LogP contribution in [0.1, 0.15) is 81.7 Å². The molecule has 0 radical (unpaired) electrons. The summed E-state index contributed by atoms with van der Waals surface area (Å²) < 4.78 is 0. The highest BCUT2D eigenvalue weighted by Gasteiger charge is 2.42. The van der Waals surface area contributed by atoms with Crippen molar-refractivity contribution in [1.29, 1.82) is 0 Å². The minimum Gasteiger partial charge on any atom is -0.284 e. The average Bonchev–Trinajstić information content (AvgIpc) is 2.96. The molecule has 6 nitrogen and oxygen atoms in total. The third-order valence-corrected chi connectivity index (χ3v) is 5.19. The Bertz CT molecular complexity index is 997. The topological polar surface area (TPSA) is 74.8 Å². The summed E-state index contributed by atoms with van der Waals surface area (Å²) in [7, 11) is 1.32. The fraction of sp³-hybridized carbons (Fsp3) is 0.304. The lowest BCUT2D eigenvalue weighted by Gasteiger charge is -2.25. The fourth-order valence-electron chi connectivity index (χ4n) is 3.67. The van der Waals surface area contributed by atoms with Crippen LogP contribution < -0.4 is 4.90 Å². The maximum Gasteiger partial charge on any atom is 0.266 e. The molecule has 0 N–H and O–H groups in total. The summed E-state index contributed by atoms with van der Waals surface area (Å²) in [5, 5.41) is 0. The number of rotatable bonds is 5. The molecule has 29 heavy (non-hydrogen) atoms. The molecule has 2 aromatic rings. The molecule has 3 rings (SSSR count). The van der Waals surface area contributed by atoms with Crippen LogP contribution >= 0.6 is 0 Å². The van der Waals surface area contributed by atoms with Crippen LogP contribution in [-0.2, 0) is 4.79 Å². The van der Waals surface area contributed by atoms with E-state index in [0.717, 1.165) is 16.0 Å². The number of hydrogen-bond donors (Lipinski definition) is 0. The number of amides is 4. The first-order chi connectivity index (χ1) is 13.7. The van der Waals surface area contributed by atoms with Gasteiger partial charge in [-0.25, -0.2) is 4.90 Å². The van der Waals surface area contributed by atoms with Crippen LogP contribution in [0.4, 0.5) is 5.69 Å². The van der Waals surface area contributed by atoms with E-state index in [4.69, 9.17) is 0 Å². The van der Waals surface area contributed by atoms with Gasteiger partial charge in [0.1, 0.15) is 0 Å². The monoisotopic (exact) mass is 392 g/mol. The molecule has 0 spiro atoms. The third kappa shape index (κ3) is 3.24. The van der Waals surface area contributed by atoms with Gasteiger partial charge in [-0.1, -0.05) is 52.0 Å². The lowest BCUT2D eigenvalue weighted by atomic mass is 9.92. The Kier molecular flexibility index (Phi) is 5.38. The van der Waals surface area contributed by atoms with Gasteiger partial charge in [0.15, 0.2) is 0 Å². The maximum atomic E-state index is 13.4. The summed E-state index contributed by atoms with van der Waals surface area (Å²) in [6.45, 7) is 8.04. The first-order valence-electron chi connectivity index (χ1n) is 9.57. The molecule has 1 aliphatic rings. The summed E-state index contributed by atoms with van der Waals surface area (Å²) >= 11 is 0. The zero-order valence-corrected chi connectivity index (χ0v) is 17.2. The Balaban J connectivity index is 2.24. The van der Waals surface area contributed by atoms with Crippen molar-refractivity contribution < 1.29 is 19.2 Å². The third-order valence-electron chi connectivity index (χ3n) is 5.19. The van der Waals surface area contributed by atoms with Crippen LogP contribution in [0.2, 0.25) is 0 Å². The molecule has 0 unspecified atom stereocenters. The Morgan fingerprint density at radius 3 is 2.00 bits per heavy atom. The molecular weight excluding hydrogens is 368 g/mol. The number of nitrogens with zero attached hydrogens (tertiary/aromatic N) is 2. The molecule has 0 atom stereocenters. The molecular formula is C23H24N2O4. The van der Waals surface area contributed by atoms with Gasteiger partial charge in [-0.05, 0) is 35.1 Å². The standard InChI is InChI=1S/C23H24N2O4/c1-13(2)15-8-6-9-16(14(3)4)20(15)25-22(28)18-11-7-10-17(19(18)23(25)29)21(27)24(5)12-26/h6-14H,1-5H3. The number of fused-ring (bicyclic) bond motifs is 1. The molecule has 1 aliphatic heterocycles. The van der Waals surface area contributed by atoms with Crippen LogP contribution in [-0.4, -0.2) is 36.1 Å². The first kappa shape index (κ1) is 20.5. The first-order valence-corrected chi connectivity index (χ1v) is 9.57. The van der Waals surface area contributed by atoms with Crippen molar-refractivity contribution in [2.24, 2.45) is 0 Å². The number of carbonyl (C=O) groups is 4. The van der Waals surface area contributed by atoms with E-state index in [1.54, 1.807) is 12.1 Å². The summed E-state index contributed by atoms with van der Waals surface area (Å²) in [4.78, 5) is 52.4. The highest BCUT2D eigenvalue weighted by Crippen LogP contribution is 2.40. The predicted molar refractivity (Wildman–Crippen MR) is 110 cm³/mol. The molecule has 4 amide bonds. The second-order valence-electron chi connectivity index (χ2n) is 7.79. The number of para-hydroxylation sites is 1. The molecule has 0 aliphatic carbocycles. The average molecular weight is 392 g/mol. The van der Waals surface area contributed by atoms with Gasteiger partial charge in [0.05, 0.1) is 22.4 Å². The summed E-state index contributed by atoms with van der Waals surface area (Å²) in [6, 6.07) is 10.3. The largest absolute Gasteiger partial charge is 0.284 e. The van der Waals surface area contributed by atoms with Crippen LogP contribution in [0.15, 0.2) is 36.4 Å². The van der Waals surface area contributed by atoms with Crippen LogP contribution in [0, 0.1) is 0 Å². The highest BCUT2D eigenvalue weighted by atomic mass is 16.2. The van der Waals surface area contributed by atoms with E-state index in [0.29, 0.717) is 12.1 Å². The van der Waals surface area contributed by atoms with Crippen LogP contribution in [0.3, 0.4) is 0 Å². The van der Waals surface area contributed by atoms with E-state index in [1.807, 2.05) is 45.9 Å². The highest BCUT2D eigenvalue weighted by molar-refractivity contribution is 6.37. The zero-order valence-electron chi connectivity index (χ0n) is 17.2. The van der Waals surface area contributed by atoms with Crippen molar-refractivity contribution >= 4 is 29.8 Å². The molecule has 6 heteroatoms. The van der Waals surface area contributed by atoms with E-state index in [2.05, 4.69) is 0 Å².